The molecule has 1 unspecified atom stereocenters. The number of hydrogen-bond donors (Lipinski definition) is 2. The van der Waals surface area contributed by atoms with Crippen molar-refractivity contribution in [1.29, 1.82) is 0 Å². The summed E-state index contributed by atoms with van der Waals surface area (Å²) in [5.41, 5.74) is 2.62. The summed E-state index contributed by atoms with van der Waals surface area (Å²) in [6.07, 6.45) is 4.39. The van der Waals surface area contributed by atoms with Gasteiger partial charge in [-0.3, -0.25) is 9.89 Å². The zero-order chi connectivity index (χ0) is 20.6. The third-order valence-electron chi connectivity index (χ3n) is 5.36. The molecule has 0 spiro atoms. The minimum Gasteiger partial charge on any atom is -0.354 e. The Kier molecular flexibility index (Phi) is 8.76. The molecule has 0 radical (unpaired) electrons. The topological polar surface area (TPSA) is 73.8 Å². The van der Waals surface area contributed by atoms with Crippen molar-refractivity contribution in [2.75, 3.05) is 32.1 Å². The van der Waals surface area contributed by atoms with E-state index in [1.165, 1.54) is 43.3 Å². The summed E-state index contributed by atoms with van der Waals surface area (Å²) < 4.78 is 22.7. The van der Waals surface area contributed by atoms with Crippen molar-refractivity contribution >= 4 is 15.8 Å². The van der Waals surface area contributed by atoms with Gasteiger partial charge in [0.25, 0.3) is 0 Å². The minimum atomic E-state index is -2.95. The molecule has 158 valence electrons. The van der Waals surface area contributed by atoms with Gasteiger partial charge in [-0.1, -0.05) is 31.2 Å². The van der Waals surface area contributed by atoms with Gasteiger partial charge in [-0.2, -0.15) is 0 Å². The van der Waals surface area contributed by atoms with Crippen LogP contribution < -0.4 is 10.6 Å². The molecule has 0 aliphatic carbocycles. The molecule has 6 nitrogen and oxygen atoms in total. The Morgan fingerprint density at radius 2 is 1.89 bits per heavy atom. The first-order chi connectivity index (χ1) is 13.3. The fraction of sp³-hybridized carbons (Fsp3) is 0.667. The second kappa shape index (κ2) is 10.8. The molecule has 2 rings (SSSR count). The molecule has 1 aromatic carbocycles. The quantitative estimate of drug-likeness (QED) is 0.510. The van der Waals surface area contributed by atoms with E-state index in [2.05, 4.69) is 51.7 Å². The van der Waals surface area contributed by atoms with Crippen LogP contribution in [0.3, 0.4) is 0 Å². The maximum absolute atomic E-state index is 11.3. The number of sulfone groups is 1. The van der Waals surface area contributed by atoms with Crippen LogP contribution in [0.5, 0.6) is 0 Å². The molecule has 1 atom stereocenters. The molecule has 2 N–H and O–H groups in total. The van der Waals surface area contributed by atoms with Crippen molar-refractivity contribution in [3.63, 3.8) is 0 Å². The molecule has 7 heteroatoms. The van der Waals surface area contributed by atoms with Crippen LogP contribution >= 0.6 is 0 Å². The first kappa shape index (κ1) is 22.7. The van der Waals surface area contributed by atoms with Crippen LogP contribution in [-0.2, 0) is 22.9 Å². The Hall–Kier alpha value is -1.60. The van der Waals surface area contributed by atoms with E-state index in [0.29, 0.717) is 18.9 Å². The maximum Gasteiger partial charge on any atom is 0.191 e. The van der Waals surface area contributed by atoms with Gasteiger partial charge in [0.15, 0.2) is 5.96 Å². The van der Waals surface area contributed by atoms with Gasteiger partial charge in [-0.15, -0.1) is 0 Å². The molecule has 1 heterocycles. The monoisotopic (exact) mass is 408 g/mol. The number of nitrogens with one attached hydrogen (secondary N) is 2. The number of benzene rings is 1. The standard InChI is InChI=1S/C21H36N4O2S/c1-17-9-12-25(13-10-17)16-20-8-6-5-7-19(20)15-23-21(22-3)24-18(2)11-14-28(4,26)27/h5-8,17-18H,9-16H2,1-4H3,(H2,22,23,24). The Morgan fingerprint density at radius 3 is 2.50 bits per heavy atom. The highest BCUT2D eigenvalue weighted by Gasteiger charge is 2.17. The van der Waals surface area contributed by atoms with Crippen LogP contribution in [0.15, 0.2) is 29.3 Å². The SMILES string of the molecule is CN=C(NCc1ccccc1CN1CCC(C)CC1)NC(C)CCS(C)(=O)=O. The smallest absolute Gasteiger partial charge is 0.191 e. The predicted octanol–water partition coefficient (Wildman–Crippen LogP) is 2.41. The fourth-order valence-electron chi connectivity index (χ4n) is 3.42. The van der Waals surface area contributed by atoms with E-state index in [1.54, 1.807) is 7.05 Å². The third kappa shape index (κ3) is 8.19. The lowest BCUT2D eigenvalue weighted by molar-refractivity contribution is 0.185. The van der Waals surface area contributed by atoms with E-state index in [1.807, 2.05) is 6.92 Å². The number of hydrogen-bond acceptors (Lipinski definition) is 4. The summed E-state index contributed by atoms with van der Waals surface area (Å²) in [5, 5.41) is 6.65. The van der Waals surface area contributed by atoms with E-state index in [9.17, 15) is 8.42 Å². The first-order valence-corrected chi connectivity index (χ1v) is 12.3. The highest BCUT2D eigenvalue weighted by Crippen LogP contribution is 2.19. The van der Waals surface area contributed by atoms with Crippen molar-refractivity contribution in [2.24, 2.45) is 10.9 Å². The molecule has 0 saturated carbocycles. The zero-order valence-corrected chi connectivity index (χ0v) is 18.6. The summed E-state index contributed by atoms with van der Waals surface area (Å²) in [7, 11) is -1.21. The van der Waals surface area contributed by atoms with Crippen molar-refractivity contribution in [2.45, 2.75) is 52.2 Å². The first-order valence-electron chi connectivity index (χ1n) is 10.2. The number of piperidine rings is 1. The predicted molar refractivity (Wildman–Crippen MR) is 117 cm³/mol. The Balaban J connectivity index is 1.88. The molecule has 1 saturated heterocycles. The van der Waals surface area contributed by atoms with Crippen LogP contribution in [0.2, 0.25) is 0 Å². The van der Waals surface area contributed by atoms with Gasteiger partial charge >= 0.3 is 0 Å². The second-order valence-electron chi connectivity index (χ2n) is 8.12. The molecule has 1 aliphatic heterocycles. The van der Waals surface area contributed by atoms with Crippen molar-refractivity contribution in [3.05, 3.63) is 35.4 Å². The normalized spacial score (nSPS) is 18.1. The summed E-state index contributed by atoms with van der Waals surface area (Å²) >= 11 is 0. The fourth-order valence-corrected chi connectivity index (χ4v) is 4.20. The lowest BCUT2D eigenvalue weighted by atomic mass is 9.98. The molecular formula is C21H36N4O2S. The van der Waals surface area contributed by atoms with Gasteiger partial charge in [0.2, 0.25) is 0 Å². The van der Waals surface area contributed by atoms with Gasteiger partial charge in [-0.05, 0) is 56.3 Å². The van der Waals surface area contributed by atoms with E-state index in [-0.39, 0.29) is 11.8 Å². The number of nitrogens with zero attached hydrogens (tertiary/aromatic N) is 2. The molecule has 28 heavy (non-hydrogen) atoms. The Labute approximate surface area is 170 Å². The van der Waals surface area contributed by atoms with Gasteiger partial charge in [0.1, 0.15) is 9.84 Å². The lowest BCUT2D eigenvalue weighted by Gasteiger charge is -2.30. The van der Waals surface area contributed by atoms with Crippen LogP contribution in [0.25, 0.3) is 0 Å². The van der Waals surface area contributed by atoms with Crippen LogP contribution in [0.4, 0.5) is 0 Å². The van der Waals surface area contributed by atoms with Gasteiger partial charge in [0, 0.05) is 32.4 Å². The molecule has 1 aromatic rings. The van der Waals surface area contributed by atoms with E-state index < -0.39 is 9.84 Å². The largest absolute Gasteiger partial charge is 0.354 e. The van der Waals surface area contributed by atoms with Crippen LogP contribution in [0.1, 0.15) is 44.2 Å². The Bertz CT molecular complexity index is 741. The van der Waals surface area contributed by atoms with Crippen LogP contribution in [-0.4, -0.2) is 57.5 Å². The molecule has 0 aromatic heterocycles. The highest BCUT2D eigenvalue weighted by atomic mass is 32.2. The van der Waals surface area contributed by atoms with E-state index in [4.69, 9.17) is 0 Å². The second-order valence-corrected chi connectivity index (χ2v) is 10.4. The van der Waals surface area contributed by atoms with Crippen molar-refractivity contribution in [3.8, 4) is 0 Å². The summed E-state index contributed by atoms with van der Waals surface area (Å²) in [6.45, 7) is 8.34. The number of guanidine groups is 1. The summed E-state index contributed by atoms with van der Waals surface area (Å²) in [4.78, 5) is 6.82. The number of aliphatic imine (C=N–C) groups is 1. The van der Waals surface area contributed by atoms with Gasteiger partial charge in [0.05, 0.1) is 5.75 Å². The average molecular weight is 409 g/mol. The summed E-state index contributed by atoms with van der Waals surface area (Å²) in [6, 6.07) is 8.58. The Morgan fingerprint density at radius 1 is 1.25 bits per heavy atom. The van der Waals surface area contributed by atoms with Crippen molar-refractivity contribution < 1.29 is 8.42 Å². The molecular weight excluding hydrogens is 372 g/mol. The molecule has 0 bridgehead atoms. The highest BCUT2D eigenvalue weighted by molar-refractivity contribution is 7.90. The van der Waals surface area contributed by atoms with Gasteiger partial charge in [-0.25, -0.2) is 8.42 Å². The van der Waals surface area contributed by atoms with Crippen molar-refractivity contribution in [1.82, 2.24) is 15.5 Å². The van der Waals surface area contributed by atoms with E-state index in [0.717, 1.165) is 12.5 Å². The number of likely N-dealkylation sites (tertiary alicyclic amines) is 1. The molecule has 1 aliphatic rings. The van der Waals surface area contributed by atoms with Crippen LogP contribution in [0, 0.1) is 5.92 Å². The zero-order valence-electron chi connectivity index (χ0n) is 17.7. The number of rotatable bonds is 8. The third-order valence-corrected chi connectivity index (χ3v) is 6.34. The van der Waals surface area contributed by atoms with Gasteiger partial charge < -0.3 is 10.6 Å². The average Bonchev–Trinajstić information content (AvgIpc) is 2.65. The summed E-state index contributed by atoms with van der Waals surface area (Å²) in [5.74, 6) is 1.71. The maximum atomic E-state index is 11.3. The lowest BCUT2D eigenvalue weighted by Crippen LogP contribution is -2.42. The molecule has 0 amide bonds. The van der Waals surface area contributed by atoms with E-state index >= 15 is 0 Å². The minimum absolute atomic E-state index is 0.0338. The molecule has 1 fully saturated rings.